The average Bonchev–Trinajstić information content (AvgIpc) is 3.10. The third-order valence-electron chi connectivity index (χ3n) is 5.28. The van der Waals surface area contributed by atoms with E-state index in [0.717, 1.165) is 17.7 Å². The Morgan fingerprint density at radius 3 is 2.84 bits per heavy atom. The normalized spacial score (nSPS) is 23.5. The second-order valence-electron chi connectivity index (χ2n) is 6.75. The van der Waals surface area contributed by atoms with Gasteiger partial charge < -0.3 is 10.1 Å². The summed E-state index contributed by atoms with van der Waals surface area (Å²) in [6.07, 6.45) is 5.46. The van der Waals surface area contributed by atoms with Gasteiger partial charge in [-0.15, -0.1) is 0 Å². The van der Waals surface area contributed by atoms with E-state index in [0.29, 0.717) is 17.6 Å². The average molecular weight is 336 g/mol. The van der Waals surface area contributed by atoms with Crippen LogP contribution in [0.15, 0.2) is 48.6 Å². The number of methoxy groups -OCH3 is 1. The first-order valence-corrected chi connectivity index (χ1v) is 8.44. The van der Waals surface area contributed by atoms with Crippen molar-refractivity contribution in [1.29, 1.82) is 0 Å². The van der Waals surface area contributed by atoms with E-state index in [1.165, 1.54) is 18.2 Å². The Morgan fingerprint density at radius 2 is 2.08 bits per heavy atom. The molecule has 0 saturated heterocycles. The Hall–Kier alpha value is -2.82. The van der Waals surface area contributed by atoms with Crippen LogP contribution in [0.1, 0.15) is 35.1 Å². The standard InChI is InChI=1S/C20H20N2O3/c1-12-6-8-17-16(10-12)14-4-3-5-15(14)20(21-17)13-7-9-19(25-2)18(11-13)22(23)24/h3-4,6-11,14-15,20-21H,5H2,1-2H3/t14-,15+,20-/m0/s1. The van der Waals surface area contributed by atoms with E-state index in [1.807, 2.05) is 6.07 Å². The first-order valence-electron chi connectivity index (χ1n) is 8.44. The Balaban J connectivity index is 1.78. The molecule has 0 bridgehead atoms. The third kappa shape index (κ3) is 2.56. The zero-order chi connectivity index (χ0) is 17.6. The van der Waals surface area contributed by atoms with Gasteiger partial charge in [0.25, 0.3) is 0 Å². The molecule has 1 aliphatic carbocycles. The van der Waals surface area contributed by atoms with Gasteiger partial charge in [0.05, 0.1) is 18.1 Å². The molecule has 0 amide bonds. The number of hydrogen-bond donors (Lipinski definition) is 1. The molecule has 1 N–H and O–H groups in total. The lowest BCUT2D eigenvalue weighted by molar-refractivity contribution is -0.385. The summed E-state index contributed by atoms with van der Waals surface area (Å²) >= 11 is 0. The Bertz CT molecular complexity index is 875. The lowest BCUT2D eigenvalue weighted by Crippen LogP contribution is -2.29. The molecule has 25 heavy (non-hydrogen) atoms. The first-order chi connectivity index (χ1) is 12.1. The second kappa shape index (κ2) is 5.92. The molecule has 0 saturated carbocycles. The van der Waals surface area contributed by atoms with Gasteiger partial charge in [-0.3, -0.25) is 10.1 Å². The summed E-state index contributed by atoms with van der Waals surface area (Å²) in [7, 11) is 1.45. The van der Waals surface area contributed by atoms with Crippen LogP contribution >= 0.6 is 0 Å². The predicted molar refractivity (Wildman–Crippen MR) is 97.2 cm³/mol. The summed E-state index contributed by atoms with van der Waals surface area (Å²) in [5.41, 5.74) is 4.62. The number of ether oxygens (including phenoxy) is 1. The van der Waals surface area contributed by atoms with Crippen LogP contribution in [0.2, 0.25) is 0 Å². The summed E-state index contributed by atoms with van der Waals surface area (Å²) in [5.74, 6) is 1.01. The quantitative estimate of drug-likeness (QED) is 0.499. The van der Waals surface area contributed by atoms with Gasteiger partial charge in [0.1, 0.15) is 0 Å². The molecule has 5 nitrogen and oxygen atoms in total. The SMILES string of the molecule is COc1ccc([C@@H]2Nc3ccc(C)cc3[C@H]3C=CC[C@H]32)cc1[N+](=O)[O-]. The number of nitro groups is 1. The van der Waals surface area contributed by atoms with Gasteiger partial charge in [-0.05, 0) is 42.5 Å². The number of benzene rings is 2. The topological polar surface area (TPSA) is 64.4 Å². The van der Waals surface area contributed by atoms with Crippen molar-refractivity contribution in [3.8, 4) is 5.75 Å². The lowest BCUT2D eigenvalue weighted by atomic mass is 9.76. The molecule has 0 radical (unpaired) electrons. The van der Waals surface area contributed by atoms with Crippen LogP contribution < -0.4 is 10.1 Å². The van der Waals surface area contributed by atoms with Crippen LogP contribution in [-0.2, 0) is 0 Å². The van der Waals surface area contributed by atoms with Crippen molar-refractivity contribution in [2.75, 3.05) is 12.4 Å². The number of nitro benzene ring substituents is 1. The molecule has 1 aliphatic heterocycles. The summed E-state index contributed by atoms with van der Waals surface area (Å²) in [5, 5.41) is 15.0. The highest BCUT2D eigenvalue weighted by Crippen LogP contribution is 2.50. The van der Waals surface area contributed by atoms with Crippen molar-refractivity contribution in [2.45, 2.75) is 25.3 Å². The van der Waals surface area contributed by atoms with Crippen LogP contribution in [0.4, 0.5) is 11.4 Å². The lowest BCUT2D eigenvalue weighted by Gasteiger charge is -2.37. The third-order valence-corrected chi connectivity index (χ3v) is 5.28. The Labute approximate surface area is 146 Å². The maximum absolute atomic E-state index is 11.4. The van der Waals surface area contributed by atoms with Gasteiger partial charge in [-0.1, -0.05) is 35.9 Å². The molecule has 1 heterocycles. The zero-order valence-electron chi connectivity index (χ0n) is 14.2. The number of aryl methyl sites for hydroxylation is 1. The highest BCUT2D eigenvalue weighted by atomic mass is 16.6. The smallest absolute Gasteiger partial charge is 0.311 e. The fourth-order valence-corrected chi connectivity index (χ4v) is 4.09. The van der Waals surface area contributed by atoms with E-state index in [-0.39, 0.29) is 16.7 Å². The number of nitrogens with zero attached hydrogens (tertiary/aromatic N) is 1. The number of rotatable bonds is 3. The molecular formula is C20H20N2O3. The summed E-state index contributed by atoms with van der Waals surface area (Å²) in [6.45, 7) is 2.10. The molecular weight excluding hydrogens is 316 g/mol. The molecule has 128 valence electrons. The minimum absolute atomic E-state index is 0.0130. The van der Waals surface area contributed by atoms with Crippen molar-refractivity contribution >= 4 is 11.4 Å². The molecule has 2 aromatic carbocycles. The van der Waals surface area contributed by atoms with Gasteiger partial charge in [0.15, 0.2) is 5.75 Å². The predicted octanol–water partition coefficient (Wildman–Crippen LogP) is 4.74. The van der Waals surface area contributed by atoms with Crippen LogP contribution in [-0.4, -0.2) is 12.0 Å². The molecule has 2 aliphatic rings. The Kier molecular flexibility index (Phi) is 3.71. The highest BCUT2D eigenvalue weighted by molar-refractivity contribution is 5.61. The molecule has 0 aromatic heterocycles. The van der Waals surface area contributed by atoms with Crippen molar-refractivity contribution in [3.63, 3.8) is 0 Å². The van der Waals surface area contributed by atoms with Crippen molar-refractivity contribution in [1.82, 2.24) is 0 Å². The van der Waals surface area contributed by atoms with E-state index in [1.54, 1.807) is 12.1 Å². The van der Waals surface area contributed by atoms with Crippen LogP contribution in [0.5, 0.6) is 5.75 Å². The molecule has 2 aromatic rings. The number of nitrogens with one attached hydrogen (secondary N) is 1. The summed E-state index contributed by atoms with van der Waals surface area (Å²) in [4.78, 5) is 11.0. The largest absolute Gasteiger partial charge is 0.490 e. The van der Waals surface area contributed by atoms with E-state index in [9.17, 15) is 10.1 Å². The van der Waals surface area contributed by atoms with Crippen molar-refractivity contribution in [3.05, 3.63) is 75.4 Å². The number of anilines is 1. The maximum atomic E-state index is 11.4. The van der Waals surface area contributed by atoms with Crippen LogP contribution in [0.25, 0.3) is 0 Å². The fraction of sp³-hybridized carbons (Fsp3) is 0.300. The minimum atomic E-state index is -0.382. The molecule has 4 rings (SSSR count). The molecule has 3 atom stereocenters. The van der Waals surface area contributed by atoms with E-state index in [2.05, 4.69) is 42.6 Å². The number of hydrogen-bond acceptors (Lipinski definition) is 4. The maximum Gasteiger partial charge on any atom is 0.311 e. The first kappa shape index (κ1) is 15.7. The van der Waals surface area contributed by atoms with Gasteiger partial charge in [0.2, 0.25) is 0 Å². The monoisotopic (exact) mass is 336 g/mol. The van der Waals surface area contributed by atoms with Gasteiger partial charge in [-0.25, -0.2) is 0 Å². The minimum Gasteiger partial charge on any atom is -0.490 e. The van der Waals surface area contributed by atoms with E-state index >= 15 is 0 Å². The molecule has 0 unspecified atom stereocenters. The second-order valence-corrected chi connectivity index (χ2v) is 6.75. The van der Waals surface area contributed by atoms with E-state index in [4.69, 9.17) is 4.74 Å². The molecule has 0 fully saturated rings. The summed E-state index contributed by atoms with van der Waals surface area (Å²) in [6, 6.07) is 11.7. The molecule has 0 spiro atoms. The molecule has 5 heteroatoms. The van der Waals surface area contributed by atoms with Gasteiger partial charge in [-0.2, -0.15) is 0 Å². The van der Waals surface area contributed by atoms with Crippen molar-refractivity contribution in [2.24, 2.45) is 5.92 Å². The van der Waals surface area contributed by atoms with Gasteiger partial charge in [0, 0.05) is 17.7 Å². The number of fused-ring (bicyclic) bond motifs is 3. The Morgan fingerprint density at radius 1 is 1.24 bits per heavy atom. The van der Waals surface area contributed by atoms with Gasteiger partial charge >= 0.3 is 5.69 Å². The summed E-state index contributed by atoms with van der Waals surface area (Å²) < 4.78 is 5.13. The zero-order valence-corrected chi connectivity index (χ0v) is 14.2. The van der Waals surface area contributed by atoms with E-state index < -0.39 is 0 Å². The van der Waals surface area contributed by atoms with Crippen molar-refractivity contribution < 1.29 is 9.66 Å². The highest BCUT2D eigenvalue weighted by Gasteiger charge is 2.38. The number of allylic oxidation sites excluding steroid dienone is 2. The fourth-order valence-electron chi connectivity index (χ4n) is 4.09. The van der Waals surface area contributed by atoms with Crippen LogP contribution in [0, 0.1) is 23.0 Å². The van der Waals surface area contributed by atoms with Crippen LogP contribution in [0.3, 0.4) is 0 Å².